The van der Waals surface area contributed by atoms with Gasteiger partial charge in [0.15, 0.2) is 5.82 Å². The molecule has 0 fully saturated rings. The number of fused-ring (bicyclic) bond motifs is 1. The van der Waals surface area contributed by atoms with Crippen molar-refractivity contribution in [1.29, 1.82) is 0 Å². The van der Waals surface area contributed by atoms with E-state index in [1.165, 1.54) is 11.6 Å². The highest BCUT2D eigenvalue weighted by atomic mass is 35.5. The zero-order valence-corrected chi connectivity index (χ0v) is 12.6. The molecule has 104 valence electrons. The van der Waals surface area contributed by atoms with Gasteiger partial charge in [0.25, 0.3) is 0 Å². The topological polar surface area (TPSA) is 17.8 Å². The van der Waals surface area contributed by atoms with Gasteiger partial charge in [0.2, 0.25) is 0 Å². The fourth-order valence-corrected chi connectivity index (χ4v) is 3.43. The molecule has 0 aliphatic carbocycles. The first kappa shape index (κ1) is 13.6. The van der Waals surface area contributed by atoms with E-state index in [2.05, 4.69) is 28.7 Å². The number of aromatic nitrogens is 2. The molecule has 2 nitrogen and oxygen atoms in total. The number of hydrogen-bond donors (Lipinski definition) is 0. The molecule has 0 aliphatic rings. The smallest absolute Gasteiger partial charge is 0.151 e. The maximum absolute atomic E-state index is 13.8. The van der Waals surface area contributed by atoms with E-state index in [-0.39, 0.29) is 17.7 Å². The number of alkyl halides is 1. The van der Waals surface area contributed by atoms with Crippen molar-refractivity contribution in [1.82, 2.24) is 9.55 Å². The average Bonchev–Trinajstić information content (AvgIpc) is 3.05. The van der Waals surface area contributed by atoms with Crippen LogP contribution < -0.4 is 0 Å². The van der Waals surface area contributed by atoms with Gasteiger partial charge in [-0.05, 0) is 47.9 Å². The van der Waals surface area contributed by atoms with Crippen LogP contribution in [0.15, 0.2) is 35.0 Å². The van der Waals surface area contributed by atoms with Crippen molar-refractivity contribution < 1.29 is 4.39 Å². The van der Waals surface area contributed by atoms with Crippen molar-refractivity contribution >= 4 is 34.0 Å². The van der Waals surface area contributed by atoms with Crippen molar-refractivity contribution in [3.05, 3.63) is 52.2 Å². The molecule has 0 radical (unpaired) electrons. The van der Waals surface area contributed by atoms with Crippen molar-refractivity contribution in [3.8, 4) is 0 Å². The number of hydrogen-bond acceptors (Lipinski definition) is 2. The molecular weight excluding hydrogens is 295 g/mol. The lowest BCUT2D eigenvalue weighted by molar-refractivity contribution is 0.544. The number of thiophene rings is 1. The van der Waals surface area contributed by atoms with Gasteiger partial charge in [-0.1, -0.05) is 6.07 Å². The summed E-state index contributed by atoms with van der Waals surface area (Å²) >= 11 is 7.66. The van der Waals surface area contributed by atoms with E-state index in [1.807, 2.05) is 10.6 Å². The Morgan fingerprint density at radius 2 is 2.25 bits per heavy atom. The molecule has 1 unspecified atom stereocenters. The number of para-hydroxylation sites is 1. The van der Waals surface area contributed by atoms with Crippen molar-refractivity contribution in [2.75, 3.05) is 0 Å². The lowest BCUT2D eigenvalue weighted by Gasteiger charge is -2.16. The van der Waals surface area contributed by atoms with E-state index in [4.69, 9.17) is 11.6 Å². The van der Waals surface area contributed by atoms with E-state index < -0.39 is 0 Å². The van der Waals surface area contributed by atoms with E-state index >= 15 is 0 Å². The molecule has 3 aromatic rings. The van der Waals surface area contributed by atoms with Gasteiger partial charge < -0.3 is 4.57 Å². The molecule has 0 saturated carbocycles. The largest absolute Gasteiger partial charge is 0.324 e. The van der Waals surface area contributed by atoms with Crippen molar-refractivity contribution in [3.63, 3.8) is 0 Å². The Morgan fingerprint density at radius 1 is 1.40 bits per heavy atom. The Labute approximate surface area is 125 Å². The monoisotopic (exact) mass is 308 g/mol. The molecule has 0 spiro atoms. The Bertz CT molecular complexity index is 721. The number of rotatable bonds is 4. The number of nitrogens with zero attached hydrogens (tertiary/aromatic N) is 2. The Balaban J connectivity index is 2.07. The molecule has 0 aliphatic heterocycles. The van der Waals surface area contributed by atoms with E-state index in [0.717, 1.165) is 17.8 Å². The van der Waals surface area contributed by atoms with Crippen molar-refractivity contribution in [2.24, 2.45) is 0 Å². The van der Waals surface area contributed by atoms with Crippen molar-refractivity contribution in [2.45, 2.75) is 25.3 Å². The molecule has 0 saturated heterocycles. The Morgan fingerprint density at radius 3 is 2.95 bits per heavy atom. The second-order valence-electron chi connectivity index (χ2n) is 4.82. The van der Waals surface area contributed by atoms with Gasteiger partial charge in [0, 0.05) is 6.04 Å². The maximum Gasteiger partial charge on any atom is 0.151 e. The van der Waals surface area contributed by atoms with Crippen LogP contribution in [0.5, 0.6) is 0 Å². The first-order valence-corrected chi connectivity index (χ1v) is 7.91. The van der Waals surface area contributed by atoms with Crippen LogP contribution in [-0.4, -0.2) is 9.55 Å². The fraction of sp³-hybridized carbons (Fsp3) is 0.267. The number of benzene rings is 1. The molecular formula is C15H14ClFN2S. The molecule has 3 rings (SSSR count). The van der Waals surface area contributed by atoms with Crippen LogP contribution in [0, 0.1) is 5.82 Å². The molecule has 2 aromatic heterocycles. The third kappa shape index (κ3) is 2.34. The average molecular weight is 309 g/mol. The number of imidazole rings is 1. The summed E-state index contributed by atoms with van der Waals surface area (Å²) in [6.45, 7) is 2.11. The molecule has 0 N–H and O–H groups in total. The molecule has 0 bridgehead atoms. The zero-order chi connectivity index (χ0) is 14.1. The van der Waals surface area contributed by atoms with Crippen LogP contribution in [0.4, 0.5) is 4.39 Å². The predicted octanol–water partition coefficient (Wildman–Crippen LogP) is 4.78. The van der Waals surface area contributed by atoms with Gasteiger partial charge >= 0.3 is 0 Å². The third-order valence-corrected chi connectivity index (χ3v) is 4.39. The minimum atomic E-state index is -0.296. The summed E-state index contributed by atoms with van der Waals surface area (Å²) in [4.78, 5) is 4.34. The van der Waals surface area contributed by atoms with Gasteiger partial charge in [-0.3, -0.25) is 0 Å². The van der Waals surface area contributed by atoms with Crippen LogP contribution in [0.3, 0.4) is 0 Å². The summed E-state index contributed by atoms with van der Waals surface area (Å²) in [5.74, 6) is 0.701. The summed E-state index contributed by atoms with van der Waals surface area (Å²) in [5, 5.41) is 4.20. The highest BCUT2D eigenvalue weighted by Gasteiger charge is 2.17. The standard InChI is InChI=1S/C15H14ClFN2S/c1-10(7-11-5-6-20-9-11)19-13-4-2-3-12(17)15(13)18-14(19)8-16/h2-6,9-10H,7-8H2,1H3. The van der Waals surface area contributed by atoms with Gasteiger partial charge in [-0.2, -0.15) is 11.3 Å². The van der Waals surface area contributed by atoms with Crippen LogP contribution in [0.2, 0.25) is 0 Å². The predicted molar refractivity (Wildman–Crippen MR) is 82.0 cm³/mol. The Hall–Kier alpha value is -1.39. The van der Waals surface area contributed by atoms with E-state index in [9.17, 15) is 4.39 Å². The molecule has 20 heavy (non-hydrogen) atoms. The molecule has 5 heteroatoms. The van der Waals surface area contributed by atoms with Gasteiger partial charge in [0.1, 0.15) is 11.3 Å². The lowest BCUT2D eigenvalue weighted by Crippen LogP contribution is -2.10. The molecule has 0 amide bonds. The number of halogens is 2. The first-order chi connectivity index (χ1) is 9.70. The van der Waals surface area contributed by atoms with E-state index in [0.29, 0.717) is 5.52 Å². The Kier molecular flexibility index (Phi) is 3.76. The summed E-state index contributed by atoms with van der Waals surface area (Å²) in [5.41, 5.74) is 2.49. The zero-order valence-electron chi connectivity index (χ0n) is 11.0. The van der Waals surface area contributed by atoms with Gasteiger partial charge in [-0.15, -0.1) is 11.6 Å². The van der Waals surface area contributed by atoms with Crippen LogP contribution >= 0.6 is 22.9 Å². The van der Waals surface area contributed by atoms with E-state index in [1.54, 1.807) is 17.4 Å². The highest BCUT2D eigenvalue weighted by molar-refractivity contribution is 7.07. The summed E-state index contributed by atoms with van der Waals surface area (Å²) in [6.07, 6.45) is 0.884. The molecule has 1 atom stereocenters. The SMILES string of the molecule is CC(Cc1ccsc1)n1c(CCl)nc2c(F)cccc21. The van der Waals surface area contributed by atoms with Crippen LogP contribution in [-0.2, 0) is 12.3 Å². The maximum atomic E-state index is 13.8. The highest BCUT2D eigenvalue weighted by Crippen LogP contribution is 2.26. The summed E-state index contributed by atoms with van der Waals surface area (Å²) < 4.78 is 15.9. The van der Waals surface area contributed by atoms with Gasteiger partial charge in [-0.25, -0.2) is 9.37 Å². The van der Waals surface area contributed by atoms with Gasteiger partial charge in [0.05, 0.1) is 11.4 Å². The summed E-state index contributed by atoms with van der Waals surface area (Å²) in [6, 6.07) is 7.34. The van der Waals surface area contributed by atoms with Crippen LogP contribution in [0.1, 0.15) is 24.4 Å². The lowest BCUT2D eigenvalue weighted by atomic mass is 10.1. The summed E-state index contributed by atoms with van der Waals surface area (Å²) in [7, 11) is 0. The van der Waals surface area contributed by atoms with Crippen LogP contribution in [0.25, 0.3) is 11.0 Å². The fourth-order valence-electron chi connectivity index (χ4n) is 2.56. The quantitative estimate of drug-likeness (QED) is 0.634. The molecule has 1 aromatic carbocycles. The molecule has 2 heterocycles. The normalized spacial score (nSPS) is 12.9. The third-order valence-electron chi connectivity index (χ3n) is 3.42. The minimum absolute atomic E-state index is 0.185. The minimum Gasteiger partial charge on any atom is -0.324 e. The second kappa shape index (κ2) is 5.54. The second-order valence-corrected chi connectivity index (χ2v) is 5.87. The first-order valence-electron chi connectivity index (χ1n) is 6.43.